The van der Waals surface area contributed by atoms with Gasteiger partial charge in [0.05, 0.1) is 23.5 Å². The molecule has 0 saturated heterocycles. The smallest absolute Gasteiger partial charge is 0.352 e. The van der Waals surface area contributed by atoms with E-state index in [2.05, 4.69) is 55.2 Å². The number of aromatic nitrogens is 11. The quantitative estimate of drug-likeness (QED) is 0.0961. The summed E-state index contributed by atoms with van der Waals surface area (Å²) in [5, 5.41) is 12.5. The molecule has 0 spiro atoms. The van der Waals surface area contributed by atoms with Gasteiger partial charge < -0.3 is 15.5 Å². The minimum Gasteiger partial charge on any atom is -0.418 e. The number of H-pyrrole nitrogens is 3. The van der Waals surface area contributed by atoms with E-state index in [1.54, 1.807) is 24.5 Å². The van der Waals surface area contributed by atoms with Gasteiger partial charge in [0, 0.05) is 35.9 Å². The van der Waals surface area contributed by atoms with E-state index >= 15 is 0 Å². The molecule has 7 heterocycles. The maximum absolute atomic E-state index is 11.7. The monoisotopic (exact) mass is 802 g/mol. The molecule has 7 aromatic rings. The van der Waals surface area contributed by atoms with Crippen molar-refractivity contribution in [3.63, 3.8) is 0 Å². The second-order valence-corrected chi connectivity index (χ2v) is 10.7. The predicted octanol–water partition coefficient (Wildman–Crippen LogP) is 3.74. The van der Waals surface area contributed by atoms with E-state index in [1.807, 2.05) is 4.98 Å². The van der Waals surface area contributed by atoms with Gasteiger partial charge in [-0.05, 0) is 70.7 Å². The summed E-state index contributed by atoms with van der Waals surface area (Å²) in [5.74, 6) is 0.0657. The van der Waals surface area contributed by atoms with Gasteiger partial charge in [0.25, 0.3) is 22.7 Å². The normalized spacial score (nSPS) is 10.0. The fourth-order valence-electron chi connectivity index (χ4n) is 3.37. The number of anilines is 2. The Morgan fingerprint density at radius 2 is 1.32 bits per heavy atom. The van der Waals surface area contributed by atoms with Crippen molar-refractivity contribution in [1.82, 2.24) is 54.8 Å². The van der Waals surface area contributed by atoms with Crippen molar-refractivity contribution in [3.05, 3.63) is 142 Å². The van der Waals surface area contributed by atoms with Crippen LogP contribution in [0.4, 0.5) is 17.1 Å². The third kappa shape index (κ3) is 11.7. The van der Waals surface area contributed by atoms with Gasteiger partial charge in [-0.25, -0.2) is 24.9 Å². The summed E-state index contributed by atoms with van der Waals surface area (Å²) in [6.07, 6.45) is 11.0. The van der Waals surface area contributed by atoms with Crippen LogP contribution in [-0.2, 0) is 0 Å². The van der Waals surface area contributed by atoms with Crippen LogP contribution in [0.15, 0.2) is 92.6 Å². The number of nitrogens with zero attached hydrogens (tertiary/aromatic N) is 9. The number of nitrogens with two attached hydrogens (primary N) is 1. The average molecular weight is 804 g/mol. The van der Waals surface area contributed by atoms with Gasteiger partial charge in [0.15, 0.2) is 0 Å². The first kappa shape index (κ1) is 39.1. The van der Waals surface area contributed by atoms with Crippen molar-refractivity contribution in [1.29, 1.82) is 0 Å². The summed E-state index contributed by atoms with van der Waals surface area (Å²) in [6.45, 7) is 0. The first-order valence-corrected chi connectivity index (χ1v) is 15.4. The molecule has 0 saturated carbocycles. The number of pyridine rings is 2. The number of aromatic amines is 3. The molecule has 1 amide bonds. The van der Waals surface area contributed by atoms with Crippen molar-refractivity contribution in [2.45, 2.75) is 0 Å². The number of carbonyl (C=O) groups is 1. The number of oxazole rings is 1. The molecule has 0 unspecified atom stereocenters. The SMILES string of the molecule is Clc1ncc2nc(-c3ccncc3)oc2n1.Nc1cnc(Cl)[nH]c1=O.O=C(Nc1cnc(Cl)[nH]c1=O)c1ccncc1.O=c1[nH]c(Cl)ncc1[N+](=O)[O-]. The Morgan fingerprint density at radius 3 is 1.89 bits per heavy atom. The highest BCUT2D eigenvalue weighted by atomic mass is 35.5. The standard InChI is InChI=1S/C10H7ClN4O2.C10H5ClN4O.C4H2ClN3O3.C4H4ClN3O/c11-10-13-5-7(9(17)15-10)14-8(16)6-1-3-12-4-2-6;11-10-13-5-7-9(15-10)16-8(14-7)6-1-3-12-4-2-6;5-4-6-1-2(8(10)11)3(9)7-4;5-4-7-1-2(6)3(9)8-4/h1-5H,(H,14,16)(H,13,15,17);1-5H;1H,(H,6,7,9);1H,6H2,(H,7,8,9). The van der Waals surface area contributed by atoms with Crippen molar-refractivity contribution >= 4 is 80.6 Å². The summed E-state index contributed by atoms with van der Waals surface area (Å²) in [7, 11) is 0. The molecule has 53 heavy (non-hydrogen) atoms. The van der Waals surface area contributed by atoms with Crippen LogP contribution in [0.25, 0.3) is 22.7 Å². The number of halogens is 4. The molecule has 270 valence electrons. The Balaban J connectivity index is 0.000000163. The molecule has 0 fully saturated rings. The fourth-order valence-corrected chi connectivity index (χ4v) is 3.90. The van der Waals surface area contributed by atoms with Crippen LogP contribution in [0.2, 0.25) is 21.1 Å². The Hall–Kier alpha value is -6.68. The number of hydrogen-bond donors (Lipinski definition) is 5. The second kappa shape index (κ2) is 18.5. The van der Waals surface area contributed by atoms with Crippen LogP contribution in [0.1, 0.15) is 10.4 Å². The van der Waals surface area contributed by atoms with Crippen LogP contribution >= 0.6 is 46.4 Å². The largest absolute Gasteiger partial charge is 0.418 e. The highest BCUT2D eigenvalue weighted by Crippen LogP contribution is 2.22. The zero-order valence-electron chi connectivity index (χ0n) is 25.9. The minimum atomic E-state index is -0.852. The summed E-state index contributed by atoms with van der Waals surface area (Å²) in [6, 6.07) is 6.68. The summed E-state index contributed by atoms with van der Waals surface area (Å²) in [4.78, 5) is 90.2. The average Bonchev–Trinajstić information content (AvgIpc) is 3.56. The maximum atomic E-state index is 11.7. The van der Waals surface area contributed by atoms with Gasteiger partial charge in [-0.3, -0.25) is 54.2 Å². The van der Waals surface area contributed by atoms with Gasteiger partial charge in [-0.2, -0.15) is 4.98 Å². The minimum absolute atomic E-state index is 0.0306. The van der Waals surface area contributed by atoms with Gasteiger partial charge in [-0.15, -0.1) is 0 Å². The number of nitrogens with one attached hydrogen (secondary N) is 4. The molecule has 25 heteroatoms. The number of hydrogen-bond acceptors (Lipinski definition) is 16. The molecule has 0 radical (unpaired) electrons. The molecule has 0 atom stereocenters. The first-order valence-electron chi connectivity index (χ1n) is 13.9. The maximum Gasteiger partial charge on any atom is 0.352 e. The third-order valence-electron chi connectivity index (χ3n) is 5.75. The van der Waals surface area contributed by atoms with Crippen molar-refractivity contribution in [2.75, 3.05) is 11.1 Å². The molecular formula is C28H18Cl4N14O7. The van der Waals surface area contributed by atoms with Crippen LogP contribution < -0.4 is 27.7 Å². The van der Waals surface area contributed by atoms with Crippen LogP contribution in [0.5, 0.6) is 0 Å². The predicted molar refractivity (Wildman–Crippen MR) is 191 cm³/mol. The van der Waals surface area contributed by atoms with Gasteiger partial charge in [-0.1, -0.05) is 0 Å². The van der Waals surface area contributed by atoms with E-state index in [1.165, 1.54) is 43.1 Å². The molecule has 0 aromatic carbocycles. The van der Waals surface area contributed by atoms with Gasteiger partial charge in [0.1, 0.15) is 23.1 Å². The van der Waals surface area contributed by atoms with Crippen LogP contribution in [-0.4, -0.2) is 65.7 Å². The number of fused-ring (bicyclic) bond motifs is 1. The summed E-state index contributed by atoms with van der Waals surface area (Å²) in [5.41, 5.74) is 5.04. The highest BCUT2D eigenvalue weighted by Gasteiger charge is 2.12. The van der Waals surface area contributed by atoms with E-state index in [0.717, 1.165) is 11.8 Å². The number of carbonyl (C=O) groups excluding carboxylic acids is 1. The molecule has 7 rings (SSSR count). The zero-order chi connectivity index (χ0) is 38.5. The Kier molecular flexibility index (Phi) is 13.7. The zero-order valence-corrected chi connectivity index (χ0v) is 28.9. The summed E-state index contributed by atoms with van der Waals surface area (Å²) < 4.78 is 5.46. The molecule has 0 aliphatic heterocycles. The van der Waals surface area contributed by atoms with E-state index in [4.69, 9.17) is 56.6 Å². The molecule has 21 nitrogen and oxygen atoms in total. The third-order valence-corrected chi connectivity index (χ3v) is 6.51. The molecule has 0 aliphatic rings. The topological polar surface area (TPSA) is 313 Å². The second-order valence-electron chi connectivity index (χ2n) is 9.30. The molecule has 6 N–H and O–H groups in total. The lowest BCUT2D eigenvalue weighted by molar-refractivity contribution is -0.386. The number of amides is 1. The van der Waals surface area contributed by atoms with Gasteiger partial charge in [0.2, 0.25) is 27.0 Å². The molecule has 0 aliphatic carbocycles. The Labute approximate surface area is 312 Å². The Bertz CT molecular complexity index is 2530. The van der Waals surface area contributed by atoms with E-state index in [-0.39, 0.29) is 32.5 Å². The van der Waals surface area contributed by atoms with Crippen LogP contribution in [0, 0.1) is 10.1 Å². The highest BCUT2D eigenvalue weighted by molar-refractivity contribution is 6.29. The van der Waals surface area contributed by atoms with Crippen molar-refractivity contribution < 1.29 is 14.1 Å². The van der Waals surface area contributed by atoms with Crippen LogP contribution in [0.3, 0.4) is 0 Å². The van der Waals surface area contributed by atoms with E-state index in [0.29, 0.717) is 22.7 Å². The molecular weight excluding hydrogens is 786 g/mol. The number of rotatable bonds is 4. The Morgan fingerprint density at radius 1 is 0.755 bits per heavy atom. The molecule has 7 aromatic heterocycles. The van der Waals surface area contributed by atoms with Crippen molar-refractivity contribution in [2.24, 2.45) is 0 Å². The number of nitrogen functional groups attached to an aromatic ring is 1. The van der Waals surface area contributed by atoms with Gasteiger partial charge >= 0.3 is 11.2 Å². The fraction of sp³-hybridized carbons (Fsp3) is 0. The molecule has 0 bridgehead atoms. The lowest BCUT2D eigenvalue weighted by Gasteiger charge is -2.03. The van der Waals surface area contributed by atoms with Crippen molar-refractivity contribution in [3.8, 4) is 11.5 Å². The lowest BCUT2D eigenvalue weighted by atomic mass is 10.2. The van der Waals surface area contributed by atoms with E-state index in [9.17, 15) is 29.3 Å². The number of nitro groups is 1. The summed E-state index contributed by atoms with van der Waals surface area (Å²) >= 11 is 21.7. The lowest BCUT2D eigenvalue weighted by Crippen LogP contribution is -2.20. The van der Waals surface area contributed by atoms with E-state index < -0.39 is 33.2 Å². The first-order chi connectivity index (χ1) is 25.3.